The van der Waals surface area contributed by atoms with E-state index in [-0.39, 0.29) is 17.1 Å². The zero-order chi connectivity index (χ0) is 14.7. The smallest absolute Gasteiger partial charge is 0.167 e. The van der Waals surface area contributed by atoms with Crippen LogP contribution in [0.3, 0.4) is 0 Å². The molecule has 0 saturated carbocycles. The fourth-order valence-corrected chi connectivity index (χ4v) is 2.26. The Morgan fingerprint density at radius 3 is 2.60 bits per heavy atom. The molecule has 0 radical (unpaired) electrons. The van der Waals surface area contributed by atoms with Crippen molar-refractivity contribution in [1.82, 2.24) is 0 Å². The minimum absolute atomic E-state index is 0.0199. The van der Waals surface area contributed by atoms with Crippen molar-refractivity contribution < 1.29 is 13.9 Å². The van der Waals surface area contributed by atoms with Crippen LogP contribution in [-0.4, -0.2) is 5.78 Å². The number of hydrogen-bond donors (Lipinski definition) is 0. The fraction of sp³-hybridized carbons (Fsp3) is 0.0667. The highest BCUT2D eigenvalue weighted by atomic mass is 79.9. The molecule has 2 aromatic carbocycles. The van der Waals surface area contributed by atoms with Gasteiger partial charge >= 0.3 is 0 Å². The number of carbonyl (C=O) groups is 1. The lowest BCUT2D eigenvalue weighted by Gasteiger charge is -2.08. The molecule has 3 nitrogen and oxygen atoms in total. The van der Waals surface area contributed by atoms with Crippen LogP contribution < -0.4 is 4.74 Å². The molecule has 0 bridgehead atoms. The first-order valence-corrected chi connectivity index (χ1v) is 6.48. The highest BCUT2D eigenvalue weighted by Gasteiger charge is 2.09. The lowest BCUT2D eigenvalue weighted by molar-refractivity contribution is 0.101. The number of Topliss-reactive ketones (excluding diaryl/α,β-unsaturated/α-hetero) is 1. The van der Waals surface area contributed by atoms with Crippen molar-refractivity contribution in [2.75, 3.05) is 0 Å². The molecule has 0 amide bonds. The molecule has 0 aromatic heterocycles. The first kappa shape index (κ1) is 14.2. The topological polar surface area (TPSA) is 50.1 Å². The third-order valence-corrected chi connectivity index (χ3v) is 3.26. The van der Waals surface area contributed by atoms with Crippen LogP contribution in [-0.2, 0) is 0 Å². The maximum Gasteiger partial charge on any atom is 0.167 e. The van der Waals surface area contributed by atoms with Gasteiger partial charge in [-0.2, -0.15) is 5.26 Å². The van der Waals surface area contributed by atoms with Gasteiger partial charge < -0.3 is 4.74 Å². The normalized spacial score (nSPS) is 9.90. The van der Waals surface area contributed by atoms with Gasteiger partial charge in [-0.05, 0) is 59.3 Å². The van der Waals surface area contributed by atoms with Crippen molar-refractivity contribution in [3.05, 3.63) is 57.8 Å². The first-order chi connectivity index (χ1) is 9.51. The molecule has 0 fully saturated rings. The summed E-state index contributed by atoms with van der Waals surface area (Å²) in [6.45, 7) is 1.46. The van der Waals surface area contributed by atoms with Crippen LogP contribution in [0.1, 0.15) is 22.8 Å². The Kier molecular flexibility index (Phi) is 4.16. The molecule has 5 heteroatoms. The molecule has 0 aliphatic heterocycles. The van der Waals surface area contributed by atoms with Gasteiger partial charge in [-0.3, -0.25) is 4.79 Å². The van der Waals surface area contributed by atoms with E-state index >= 15 is 0 Å². The molecule has 0 aliphatic rings. The van der Waals surface area contributed by atoms with E-state index in [1.165, 1.54) is 19.1 Å². The standard InChI is InChI=1S/C15H9BrFNO2/c1-9(19)12-4-3-11(7-13(12)16)20-15-5-2-10(8-18)6-14(15)17/h2-7H,1H3. The van der Waals surface area contributed by atoms with Crippen molar-refractivity contribution in [2.45, 2.75) is 6.92 Å². The Bertz CT molecular complexity index is 722. The number of halogens is 2. The summed E-state index contributed by atoms with van der Waals surface area (Å²) in [4.78, 5) is 11.3. The minimum atomic E-state index is -0.615. The van der Waals surface area contributed by atoms with E-state index in [1.54, 1.807) is 18.2 Å². The maximum absolute atomic E-state index is 13.7. The number of nitrogens with zero attached hydrogens (tertiary/aromatic N) is 1. The number of carbonyl (C=O) groups excluding carboxylic acids is 1. The number of ether oxygens (including phenoxy) is 1. The highest BCUT2D eigenvalue weighted by Crippen LogP contribution is 2.29. The predicted octanol–water partition coefficient (Wildman–Crippen LogP) is 4.45. The Morgan fingerprint density at radius 1 is 1.30 bits per heavy atom. The fourth-order valence-electron chi connectivity index (χ4n) is 1.62. The molecular weight excluding hydrogens is 325 g/mol. The summed E-state index contributed by atoms with van der Waals surface area (Å²) in [5, 5.41) is 8.67. The van der Waals surface area contributed by atoms with E-state index in [4.69, 9.17) is 10.00 Å². The molecule has 0 N–H and O–H groups in total. The summed E-state index contributed by atoms with van der Waals surface area (Å²) < 4.78 is 19.7. The van der Waals surface area contributed by atoms with Crippen molar-refractivity contribution in [2.24, 2.45) is 0 Å². The summed E-state index contributed by atoms with van der Waals surface area (Å²) in [6.07, 6.45) is 0. The molecule has 0 atom stereocenters. The molecule has 2 aromatic rings. The van der Waals surface area contributed by atoms with Crippen LogP contribution in [0.2, 0.25) is 0 Å². The number of ketones is 1. The van der Waals surface area contributed by atoms with Gasteiger partial charge in [0.05, 0.1) is 11.6 Å². The second kappa shape index (κ2) is 5.85. The first-order valence-electron chi connectivity index (χ1n) is 5.69. The van der Waals surface area contributed by atoms with Crippen molar-refractivity contribution in [1.29, 1.82) is 5.26 Å². The lowest BCUT2D eigenvalue weighted by Crippen LogP contribution is -1.95. The van der Waals surface area contributed by atoms with Crippen LogP contribution in [0, 0.1) is 17.1 Å². The second-order valence-electron chi connectivity index (χ2n) is 4.06. The number of nitriles is 1. The number of hydrogen-bond acceptors (Lipinski definition) is 3. The third kappa shape index (κ3) is 3.03. The quantitative estimate of drug-likeness (QED) is 0.779. The van der Waals surface area contributed by atoms with Crippen LogP contribution in [0.4, 0.5) is 4.39 Å². The van der Waals surface area contributed by atoms with Crippen molar-refractivity contribution in [3.63, 3.8) is 0 Å². The summed E-state index contributed by atoms with van der Waals surface area (Å²) in [7, 11) is 0. The predicted molar refractivity (Wildman–Crippen MR) is 75.3 cm³/mol. The van der Waals surface area contributed by atoms with Crippen LogP contribution >= 0.6 is 15.9 Å². The van der Waals surface area contributed by atoms with Crippen molar-refractivity contribution in [3.8, 4) is 17.6 Å². The second-order valence-corrected chi connectivity index (χ2v) is 4.91. The maximum atomic E-state index is 13.7. The van der Waals surface area contributed by atoms with E-state index in [0.29, 0.717) is 15.8 Å². The van der Waals surface area contributed by atoms with Crippen LogP contribution in [0.15, 0.2) is 40.9 Å². The molecule has 2 rings (SSSR count). The van der Waals surface area contributed by atoms with Gasteiger partial charge in [0.2, 0.25) is 0 Å². The Labute approximate surface area is 123 Å². The molecule has 0 spiro atoms. The van der Waals surface area contributed by atoms with Gasteiger partial charge in [-0.15, -0.1) is 0 Å². The molecule has 100 valence electrons. The Hall–Kier alpha value is -2.19. The van der Waals surface area contributed by atoms with Gasteiger partial charge in [0, 0.05) is 10.0 Å². The average Bonchev–Trinajstić information content (AvgIpc) is 2.40. The molecular formula is C15H9BrFNO2. The van der Waals surface area contributed by atoms with E-state index in [1.807, 2.05) is 6.07 Å². The SMILES string of the molecule is CC(=O)c1ccc(Oc2ccc(C#N)cc2F)cc1Br. The van der Waals surface area contributed by atoms with Gasteiger partial charge in [0.15, 0.2) is 17.3 Å². The largest absolute Gasteiger partial charge is 0.454 e. The highest BCUT2D eigenvalue weighted by molar-refractivity contribution is 9.10. The number of rotatable bonds is 3. The molecule has 0 heterocycles. The van der Waals surface area contributed by atoms with Crippen LogP contribution in [0.5, 0.6) is 11.5 Å². The molecule has 20 heavy (non-hydrogen) atoms. The number of benzene rings is 2. The van der Waals surface area contributed by atoms with Gasteiger partial charge in [0.1, 0.15) is 5.75 Å². The van der Waals surface area contributed by atoms with E-state index in [0.717, 1.165) is 6.07 Å². The Balaban J connectivity index is 2.29. The molecule has 0 saturated heterocycles. The lowest BCUT2D eigenvalue weighted by atomic mass is 10.1. The third-order valence-electron chi connectivity index (χ3n) is 2.61. The van der Waals surface area contributed by atoms with Gasteiger partial charge in [0.25, 0.3) is 0 Å². The molecule has 0 unspecified atom stereocenters. The van der Waals surface area contributed by atoms with Crippen molar-refractivity contribution >= 4 is 21.7 Å². The summed E-state index contributed by atoms with van der Waals surface area (Å²) in [6, 6.07) is 10.6. The zero-order valence-electron chi connectivity index (χ0n) is 10.5. The van der Waals surface area contributed by atoms with Gasteiger partial charge in [-0.1, -0.05) is 0 Å². The Morgan fingerprint density at radius 2 is 2.05 bits per heavy atom. The minimum Gasteiger partial charge on any atom is -0.454 e. The summed E-state index contributed by atoms with van der Waals surface area (Å²) >= 11 is 3.26. The van der Waals surface area contributed by atoms with E-state index < -0.39 is 5.82 Å². The zero-order valence-corrected chi connectivity index (χ0v) is 12.1. The summed E-state index contributed by atoms with van der Waals surface area (Å²) in [5.41, 5.74) is 0.751. The van der Waals surface area contributed by atoms with E-state index in [2.05, 4.69) is 15.9 Å². The monoisotopic (exact) mass is 333 g/mol. The molecule has 0 aliphatic carbocycles. The van der Waals surface area contributed by atoms with Crippen LogP contribution in [0.25, 0.3) is 0 Å². The average molecular weight is 334 g/mol. The summed E-state index contributed by atoms with van der Waals surface area (Å²) in [5.74, 6) is -0.277. The van der Waals surface area contributed by atoms with E-state index in [9.17, 15) is 9.18 Å². The van der Waals surface area contributed by atoms with Gasteiger partial charge in [-0.25, -0.2) is 4.39 Å².